The molecule has 1 aromatic heterocycles. The minimum Gasteiger partial charge on any atom is -0.485 e. The number of amides is 1. The van der Waals surface area contributed by atoms with Gasteiger partial charge in [0, 0.05) is 18.0 Å². The molecule has 102 valence electrons. The maximum Gasteiger partial charge on any atom is 0.258 e. The number of pyridine rings is 1. The third kappa shape index (κ3) is 2.23. The number of ether oxygens (including phenoxy) is 1. The van der Waals surface area contributed by atoms with E-state index in [1.165, 1.54) is 0 Å². The Morgan fingerprint density at radius 2 is 2.10 bits per heavy atom. The number of para-hydroxylation sites is 1. The second kappa shape index (κ2) is 5.13. The molecule has 20 heavy (non-hydrogen) atoms. The summed E-state index contributed by atoms with van der Waals surface area (Å²) in [4.78, 5) is 18.2. The summed E-state index contributed by atoms with van der Waals surface area (Å²) in [6, 6.07) is 8.81. The highest BCUT2D eigenvalue weighted by Crippen LogP contribution is 2.39. The Morgan fingerprint density at radius 1 is 1.35 bits per heavy atom. The summed E-state index contributed by atoms with van der Waals surface area (Å²) in [5.41, 5.74) is 1.30. The monoisotopic (exact) mass is 288 g/mol. The van der Waals surface area contributed by atoms with Crippen LogP contribution < -0.4 is 9.64 Å². The second-order valence-electron chi connectivity index (χ2n) is 4.67. The number of nitrogens with zero attached hydrogens (tertiary/aromatic N) is 2. The summed E-state index contributed by atoms with van der Waals surface area (Å²) in [5.74, 6) is 0.487. The van der Waals surface area contributed by atoms with Gasteiger partial charge in [0.15, 0.2) is 5.75 Å². The van der Waals surface area contributed by atoms with Crippen molar-refractivity contribution in [2.75, 3.05) is 11.4 Å². The molecule has 3 rings (SSSR count). The van der Waals surface area contributed by atoms with Crippen molar-refractivity contribution >= 4 is 23.2 Å². The Kier molecular flexibility index (Phi) is 3.32. The van der Waals surface area contributed by atoms with E-state index in [4.69, 9.17) is 16.3 Å². The zero-order chi connectivity index (χ0) is 14.1. The number of benzene rings is 1. The van der Waals surface area contributed by atoms with Crippen LogP contribution in [0.3, 0.4) is 0 Å². The van der Waals surface area contributed by atoms with Gasteiger partial charge in [0.25, 0.3) is 5.91 Å². The van der Waals surface area contributed by atoms with Crippen LogP contribution in [-0.4, -0.2) is 23.5 Å². The first-order valence-corrected chi connectivity index (χ1v) is 6.71. The zero-order valence-electron chi connectivity index (χ0n) is 10.9. The van der Waals surface area contributed by atoms with Crippen LogP contribution in [0.15, 0.2) is 42.7 Å². The number of rotatable bonds is 1. The van der Waals surface area contributed by atoms with Gasteiger partial charge in [-0.25, -0.2) is 0 Å². The van der Waals surface area contributed by atoms with Crippen LogP contribution in [-0.2, 0) is 0 Å². The van der Waals surface area contributed by atoms with Crippen LogP contribution in [0.1, 0.15) is 17.3 Å². The molecule has 0 aliphatic carbocycles. The molecule has 0 bridgehead atoms. The molecule has 0 saturated carbocycles. The molecule has 0 radical (unpaired) electrons. The molecule has 2 aromatic rings. The van der Waals surface area contributed by atoms with Crippen molar-refractivity contribution in [2.24, 2.45) is 0 Å². The number of fused-ring (bicyclic) bond motifs is 1. The molecular weight excluding hydrogens is 276 g/mol. The highest BCUT2D eigenvalue weighted by atomic mass is 35.5. The van der Waals surface area contributed by atoms with E-state index in [9.17, 15) is 4.79 Å². The Morgan fingerprint density at radius 3 is 2.85 bits per heavy atom. The largest absolute Gasteiger partial charge is 0.485 e. The average Bonchev–Trinajstić information content (AvgIpc) is 2.48. The van der Waals surface area contributed by atoms with Gasteiger partial charge in [-0.3, -0.25) is 9.78 Å². The van der Waals surface area contributed by atoms with Crippen molar-refractivity contribution in [3.63, 3.8) is 0 Å². The molecule has 1 aliphatic rings. The highest BCUT2D eigenvalue weighted by Gasteiger charge is 2.29. The fourth-order valence-corrected chi connectivity index (χ4v) is 2.48. The molecule has 1 amide bonds. The van der Waals surface area contributed by atoms with Crippen LogP contribution in [0.4, 0.5) is 5.69 Å². The predicted molar refractivity (Wildman–Crippen MR) is 77.5 cm³/mol. The van der Waals surface area contributed by atoms with E-state index < -0.39 is 0 Å². The Bertz CT molecular complexity index is 646. The van der Waals surface area contributed by atoms with Gasteiger partial charge < -0.3 is 9.64 Å². The summed E-state index contributed by atoms with van der Waals surface area (Å²) < 4.78 is 5.74. The number of anilines is 1. The van der Waals surface area contributed by atoms with Crippen molar-refractivity contribution in [2.45, 2.75) is 13.0 Å². The number of hydrogen-bond acceptors (Lipinski definition) is 3. The third-order valence-corrected chi connectivity index (χ3v) is 3.47. The molecule has 5 heteroatoms. The Labute approximate surface area is 122 Å². The summed E-state index contributed by atoms with van der Waals surface area (Å²) in [7, 11) is 0. The van der Waals surface area contributed by atoms with E-state index in [1.54, 1.807) is 35.5 Å². The van der Waals surface area contributed by atoms with Gasteiger partial charge >= 0.3 is 0 Å². The van der Waals surface area contributed by atoms with Gasteiger partial charge in [0.1, 0.15) is 6.10 Å². The topological polar surface area (TPSA) is 42.4 Å². The maximum absolute atomic E-state index is 12.6. The Hall–Kier alpha value is -2.07. The van der Waals surface area contributed by atoms with Gasteiger partial charge in [0.05, 0.1) is 17.3 Å². The van der Waals surface area contributed by atoms with E-state index in [0.717, 1.165) is 0 Å². The lowest BCUT2D eigenvalue weighted by atomic mass is 10.1. The SMILES string of the molecule is CC1CN(C(=O)c2ccncc2)c2cccc(Cl)c2O1. The van der Waals surface area contributed by atoms with Crippen molar-refractivity contribution in [1.29, 1.82) is 0 Å². The first-order valence-electron chi connectivity index (χ1n) is 6.34. The van der Waals surface area contributed by atoms with Crippen LogP contribution in [0.2, 0.25) is 5.02 Å². The lowest BCUT2D eigenvalue weighted by Gasteiger charge is -2.33. The molecular formula is C15H13ClN2O2. The van der Waals surface area contributed by atoms with Gasteiger partial charge in [-0.15, -0.1) is 0 Å². The number of carbonyl (C=O) groups is 1. The number of aromatic nitrogens is 1. The fraction of sp³-hybridized carbons (Fsp3) is 0.200. The number of halogens is 1. The fourth-order valence-electron chi connectivity index (χ4n) is 2.26. The first kappa shape index (κ1) is 12.9. The molecule has 1 unspecified atom stereocenters. The number of hydrogen-bond donors (Lipinski definition) is 0. The lowest BCUT2D eigenvalue weighted by molar-refractivity contribution is 0.0961. The molecule has 0 N–H and O–H groups in total. The summed E-state index contributed by atoms with van der Waals surface area (Å²) >= 11 is 6.15. The molecule has 0 spiro atoms. The normalized spacial score (nSPS) is 17.3. The van der Waals surface area contributed by atoms with Crippen molar-refractivity contribution in [3.05, 3.63) is 53.3 Å². The highest BCUT2D eigenvalue weighted by molar-refractivity contribution is 6.32. The lowest BCUT2D eigenvalue weighted by Crippen LogP contribution is -2.42. The van der Waals surface area contributed by atoms with E-state index in [1.807, 2.05) is 19.1 Å². The zero-order valence-corrected chi connectivity index (χ0v) is 11.7. The summed E-state index contributed by atoms with van der Waals surface area (Å²) in [6.07, 6.45) is 3.11. The molecule has 4 nitrogen and oxygen atoms in total. The molecule has 1 aliphatic heterocycles. The average molecular weight is 289 g/mol. The molecule has 0 fully saturated rings. The third-order valence-electron chi connectivity index (χ3n) is 3.17. The van der Waals surface area contributed by atoms with Crippen LogP contribution in [0.25, 0.3) is 0 Å². The quantitative estimate of drug-likeness (QED) is 0.809. The minimum atomic E-state index is -0.104. The van der Waals surface area contributed by atoms with Crippen LogP contribution >= 0.6 is 11.6 Å². The van der Waals surface area contributed by atoms with Gasteiger partial charge in [-0.2, -0.15) is 0 Å². The van der Waals surface area contributed by atoms with E-state index in [2.05, 4.69) is 4.98 Å². The molecule has 0 saturated heterocycles. The van der Waals surface area contributed by atoms with Crippen molar-refractivity contribution in [3.8, 4) is 5.75 Å². The standard InChI is InChI=1S/C15H13ClN2O2/c1-10-9-18(15(19)11-5-7-17-8-6-11)13-4-2-3-12(16)14(13)20-10/h2-8,10H,9H2,1H3. The molecule has 1 aromatic carbocycles. The van der Waals surface area contributed by atoms with Gasteiger partial charge in [-0.05, 0) is 31.2 Å². The van der Waals surface area contributed by atoms with Gasteiger partial charge in [-0.1, -0.05) is 17.7 Å². The summed E-state index contributed by atoms with van der Waals surface area (Å²) in [6.45, 7) is 2.41. The van der Waals surface area contributed by atoms with Crippen LogP contribution in [0.5, 0.6) is 5.75 Å². The second-order valence-corrected chi connectivity index (χ2v) is 5.08. The molecule has 2 heterocycles. The van der Waals surface area contributed by atoms with E-state index in [-0.39, 0.29) is 12.0 Å². The van der Waals surface area contributed by atoms with Crippen molar-refractivity contribution < 1.29 is 9.53 Å². The first-order chi connectivity index (χ1) is 9.66. The van der Waals surface area contributed by atoms with E-state index >= 15 is 0 Å². The predicted octanol–water partition coefficient (Wildman–Crippen LogP) is 3.16. The van der Waals surface area contributed by atoms with Gasteiger partial charge in [0.2, 0.25) is 0 Å². The van der Waals surface area contributed by atoms with Crippen LogP contribution in [0, 0.1) is 0 Å². The van der Waals surface area contributed by atoms with E-state index in [0.29, 0.717) is 28.6 Å². The summed E-state index contributed by atoms with van der Waals surface area (Å²) in [5, 5.41) is 0.515. The van der Waals surface area contributed by atoms with Crippen molar-refractivity contribution in [1.82, 2.24) is 4.98 Å². The molecule has 1 atom stereocenters. The minimum absolute atomic E-state index is 0.0777. The smallest absolute Gasteiger partial charge is 0.258 e. The maximum atomic E-state index is 12.6. The Balaban J connectivity index is 2.03. The number of carbonyl (C=O) groups excluding carboxylic acids is 1.